The zero-order chi connectivity index (χ0) is 23.6. The van der Waals surface area contributed by atoms with Crippen molar-refractivity contribution in [1.29, 1.82) is 0 Å². The summed E-state index contributed by atoms with van der Waals surface area (Å²) in [6, 6.07) is 0. The molecule has 187 valence electrons. The van der Waals surface area contributed by atoms with Gasteiger partial charge in [-0.2, -0.15) is 8.78 Å². The molecule has 0 aliphatic rings. The van der Waals surface area contributed by atoms with Crippen LogP contribution in [0.1, 0.15) is 110 Å². The monoisotopic (exact) mass is 495 g/mol. The van der Waals surface area contributed by atoms with Crippen LogP contribution in [0.4, 0.5) is 8.78 Å². The number of halogens is 2. The molecule has 2 N–H and O–H groups in total. The van der Waals surface area contributed by atoms with Gasteiger partial charge in [0.15, 0.2) is 0 Å². The van der Waals surface area contributed by atoms with Gasteiger partial charge in [0, 0.05) is 43.1 Å². The third-order valence-electron chi connectivity index (χ3n) is 5.18. The molecular formula is C22H43F2NaO6P. The van der Waals surface area contributed by atoms with Crippen LogP contribution in [0.5, 0.6) is 0 Å². The molecule has 0 aliphatic heterocycles. The molecule has 1 atom stereocenters. The van der Waals surface area contributed by atoms with Gasteiger partial charge in [-0.05, 0) is 6.42 Å². The van der Waals surface area contributed by atoms with Gasteiger partial charge in [0.1, 0.15) is 6.10 Å². The molecule has 0 spiro atoms. The number of esters is 1. The summed E-state index contributed by atoms with van der Waals surface area (Å²) in [4.78, 5) is 28.5. The first-order chi connectivity index (χ1) is 14.6. The minimum absolute atomic E-state index is 0. The van der Waals surface area contributed by atoms with E-state index in [-0.39, 0.29) is 36.2 Å². The number of hydrogen-bond donors (Lipinski definition) is 2. The van der Waals surface area contributed by atoms with Crippen molar-refractivity contribution in [2.45, 2.75) is 122 Å². The molecule has 1 unspecified atom stereocenters. The van der Waals surface area contributed by atoms with Crippen molar-refractivity contribution >= 4 is 43.1 Å². The molecule has 1 radical (unpaired) electrons. The van der Waals surface area contributed by atoms with Crippen LogP contribution in [0, 0.1) is 0 Å². The van der Waals surface area contributed by atoms with E-state index in [0.717, 1.165) is 26.2 Å². The predicted molar refractivity (Wildman–Crippen MR) is 124 cm³/mol. The molecule has 0 rings (SSSR count). The molecule has 0 fully saturated rings. The van der Waals surface area contributed by atoms with Crippen molar-refractivity contribution in [3.63, 3.8) is 0 Å². The summed E-state index contributed by atoms with van der Waals surface area (Å²) in [5, 5.41) is 0. The van der Waals surface area contributed by atoms with E-state index in [4.69, 9.17) is 19.3 Å². The Morgan fingerprint density at radius 3 is 1.66 bits per heavy atom. The Kier molecular flexibility index (Phi) is 22.5. The van der Waals surface area contributed by atoms with Crippen molar-refractivity contribution in [1.82, 2.24) is 0 Å². The van der Waals surface area contributed by atoms with E-state index >= 15 is 0 Å². The molecule has 0 saturated carbocycles. The molecule has 0 aromatic heterocycles. The van der Waals surface area contributed by atoms with Crippen molar-refractivity contribution in [3.8, 4) is 0 Å². The maximum atomic E-state index is 13.5. The third-order valence-corrected chi connectivity index (χ3v) is 6.21. The van der Waals surface area contributed by atoms with Crippen LogP contribution in [0.25, 0.3) is 0 Å². The van der Waals surface area contributed by atoms with Gasteiger partial charge in [0.05, 0.1) is 13.0 Å². The van der Waals surface area contributed by atoms with E-state index in [9.17, 15) is 18.1 Å². The molecule has 0 bridgehead atoms. The van der Waals surface area contributed by atoms with Crippen LogP contribution < -0.4 is 0 Å². The topological polar surface area (TPSA) is 93.1 Å². The van der Waals surface area contributed by atoms with E-state index in [0.29, 0.717) is 6.61 Å². The molecule has 0 aliphatic carbocycles. The van der Waals surface area contributed by atoms with Gasteiger partial charge < -0.3 is 19.3 Å². The molecule has 10 heteroatoms. The number of rotatable bonds is 21. The fourth-order valence-corrected chi connectivity index (χ4v) is 3.82. The summed E-state index contributed by atoms with van der Waals surface area (Å²) in [7, 11) is -5.62. The van der Waals surface area contributed by atoms with Crippen molar-refractivity contribution < 1.29 is 37.4 Å². The fourth-order valence-electron chi connectivity index (χ4n) is 3.38. The van der Waals surface area contributed by atoms with Crippen LogP contribution in [-0.2, 0) is 18.8 Å². The van der Waals surface area contributed by atoms with Gasteiger partial charge in [-0.1, -0.05) is 90.4 Å². The van der Waals surface area contributed by atoms with E-state index in [1.165, 1.54) is 70.6 Å². The first-order valence-electron chi connectivity index (χ1n) is 11.8. The number of unbranched alkanes of at least 4 members (excludes halogenated alkanes) is 13. The summed E-state index contributed by atoms with van der Waals surface area (Å²) in [6.07, 6.45) is 14.5. The quantitative estimate of drug-likeness (QED) is 0.0853. The molecule has 0 aromatic rings. The minimum atomic E-state index is -5.62. The number of carbonyl (C=O) groups excluding carboxylic acids is 1. The summed E-state index contributed by atoms with van der Waals surface area (Å²) < 4.78 is 47.9. The minimum Gasteiger partial charge on any atom is -0.460 e. The van der Waals surface area contributed by atoms with Gasteiger partial charge in [-0.3, -0.25) is 9.36 Å². The SMILES string of the molecule is CCCCCCCCCCCCCCCCOCC(CC(F)(F)P(=O)(O)O)OC(C)=O.[Na]. The average molecular weight is 496 g/mol. The van der Waals surface area contributed by atoms with E-state index in [1.807, 2.05) is 0 Å². The van der Waals surface area contributed by atoms with Crippen LogP contribution in [0.15, 0.2) is 0 Å². The fraction of sp³-hybridized carbons (Fsp3) is 0.955. The molecular weight excluding hydrogens is 452 g/mol. The Morgan fingerprint density at radius 2 is 1.28 bits per heavy atom. The predicted octanol–water partition coefficient (Wildman–Crippen LogP) is 6.20. The van der Waals surface area contributed by atoms with E-state index < -0.39 is 31.8 Å². The number of ether oxygens (including phenoxy) is 2. The number of alkyl halides is 2. The Labute approximate surface area is 215 Å². The second-order valence-corrected chi connectivity index (χ2v) is 10.1. The molecule has 0 amide bonds. The standard InChI is InChI=1S/C22H43F2O6P.Na/c1-3-4-5-6-7-8-9-10-11-12-13-14-15-16-17-29-19-21(30-20(2)25)18-22(23,24)31(26,27)28;/h21H,3-19H2,1-2H3,(H2,26,27,28);. The Morgan fingerprint density at radius 1 is 0.875 bits per heavy atom. The molecule has 0 aromatic carbocycles. The largest absolute Gasteiger partial charge is 0.460 e. The zero-order valence-electron chi connectivity index (χ0n) is 20.3. The van der Waals surface area contributed by atoms with Crippen molar-refractivity contribution in [2.24, 2.45) is 0 Å². The molecule has 0 heterocycles. The van der Waals surface area contributed by atoms with Crippen LogP contribution in [0.2, 0.25) is 0 Å². The van der Waals surface area contributed by atoms with Gasteiger partial charge in [-0.25, -0.2) is 0 Å². The summed E-state index contributed by atoms with van der Waals surface area (Å²) in [5.41, 5.74) is -4.26. The maximum Gasteiger partial charge on any atom is 0.394 e. The van der Waals surface area contributed by atoms with Gasteiger partial charge >= 0.3 is 19.2 Å². The van der Waals surface area contributed by atoms with E-state index in [2.05, 4.69) is 6.92 Å². The second kappa shape index (κ2) is 20.8. The summed E-state index contributed by atoms with van der Waals surface area (Å²) in [6.45, 7) is 3.30. The van der Waals surface area contributed by atoms with Gasteiger partial charge in [0.25, 0.3) is 0 Å². The molecule has 32 heavy (non-hydrogen) atoms. The van der Waals surface area contributed by atoms with Gasteiger partial charge in [-0.15, -0.1) is 0 Å². The summed E-state index contributed by atoms with van der Waals surface area (Å²) in [5.74, 6) is -0.799. The Hall–Kier alpha value is 0.440. The maximum absolute atomic E-state index is 13.5. The van der Waals surface area contributed by atoms with Crippen LogP contribution >= 0.6 is 7.60 Å². The number of hydrogen-bond acceptors (Lipinski definition) is 4. The van der Waals surface area contributed by atoms with Crippen molar-refractivity contribution in [2.75, 3.05) is 13.2 Å². The van der Waals surface area contributed by atoms with Crippen LogP contribution in [-0.4, -0.2) is 70.3 Å². The number of carbonyl (C=O) groups is 1. The second-order valence-electron chi connectivity index (χ2n) is 8.32. The van der Waals surface area contributed by atoms with Crippen LogP contribution in [0.3, 0.4) is 0 Å². The summed E-state index contributed by atoms with van der Waals surface area (Å²) >= 11 is 0. The normalized spacial score (nSPS) is 12.9. The Bertz CT molecular complexity index is 505. The van der Waals surface area contributed by atoms with Gasteiger partial charge in [0.2, 0.25) is 0 Å². The van der Waals surface area contributed by atoms with E-state index in [1.54, 1.807) is 0 Å². The Balaban J connectivity index is 0. The molecule has 6 nitrogen and oxygen atoms in total. The first kappa shape index (κ1) is 34.6. The first-order valence-corrected chi connectivity index (χ1v) is 13.4. The third kappa shape index (κ3) is 19.9. The zero-order valence-corrected chi connectivity index (χ0v) is 23.2. The molecule has 0 saturated heterocycles. The van der Waals surface area contributed by atoms with Crippen molar-refractivity contribution in [3.05, 3.63) is 0 Å². The smallest absolute Gasteiger partial charge is 0.394 e. The average Bonchev–Trinajstić information content (AvgIpc) is 2.66.